The minimum Gasteiger partial charge on any atom is -0.494 e. The van der Waals surface area contributed by atoms with E-state index in [4.69, 9.17) is 9.84 Å². The van der Waals surface area contributed by atoms with Gasteiger partial charge in [0.15, 0.2) is 5.69 Å². The summed E-state index contributed by atoms with van der Waals surface area (Å²) in [6.07, 6.45) is 1.42. The van der Waals surface area contributed by atoms with E-state index in [1.165, 1.54) is 6.20 Å². The van der Waals surface area contributed by atoms with Crippen LogP contribution in [0.25, 0.3) is 5.76 Å². The van der Waals surface area contributed by atoms with Gasteiger partial charge in [0.1, 0.15) is 5.76 Å². The Balaban J connectivity index is 3.07. The molecule has 0 aliphatic heterocycles. The predicted octanol–water partition coefficient (Wildman–Crippen LogP) is 1.79. The molecule has 0 bridgehead atoms. The molecule has 14 heavy (non-hydrogen) atoms. The third-order valence-corrected chi connectivity index (χ3v) is 1.63. The zero-order valence-corrected chi connectivity index (χ0v) is 7.86. The number of hydrogen-bond donors (Lipinski definition) is 1. The summed E-state index contributed by atoms with van der Waals surface area (Å²) in [6, 6.07) is 3.26. The van der Waals surface area contributed by atoms with Crippen molar-refractivity contribution in [3.8, 4) is 0 Å². The lowest BCUT2D eigenvalue weighted by Crippen LogP contribution is -2.05. The molecule has 0 radical (unpaired) electrons. The van der Waals surface area contributed by atoms with E-state index in [9.17, 15) is 4.79 Å². The van der Waals surface area contributed by atoms with Crippen molar-refractivity contribution in [3.05, 3.63) is 36.2 Å². The molecule has 4 heteroatoms. The highest BCUT2D eigenvalue weighted by molar-refractivity contribution is 5.90. The van der Waals surface area contributed by atoms with Gasteiger partial charge in [0.2, 0.25) is 0 Å². The van der Waals surface area contributed by atoms with Crippen molar-refractivity contribution in [2.45, 2.75) is 6.92 Å². The number of rotatable bonds is 4. The molecule has 1 heterocycles. The number of nitrogens with zero attached hydrogens (tertiary/aromatic N) is 1. The number of pyridine rings is 1. The minimum absolute atomic E-state index is 0.0362. The smallest absolute Gasteiger partial charge is 0.355 e. The van der Waals surface area contributed by atoms with Crippen molar-refractivity contribution in [2.24, 2.45) is 0 Å². The molecule has 1 aromatic rings. The number of ether oxygens (including phenoxy) is 1. The van der Waals surface area contributed by atoms with E-state index in [1.807, 2.05) is 6.92 Å². The molecule has 0 atom stereocenters. The lowest BCUT2D eigenvalue weighted by Gasteiger charge is -2.08. The Morgan fingerprint density at radius 2 is 2.43 bits per heavy atom. The molecular weight excluding hydrogens is 182 g/mol. The monoisotopic (exact) mass is 193 g/mol. The van der Waals surface area contributed by atoms with Crippen LogP contribution >= 0.6 is 0 Å². The van der Waals surface area contributed by atoms with E-state index in [2.05, 4.69) is 11.6 Å². The van der Waals surface area contributed by atoms with E-state index in [0.717, 1.165) is 0 Å². The molecule has 0 amide bonds. The number of carbonyl (C=O) groups is 1. The van der Waals surface area contributed by atoms with Crippen LogP contribution in [0, 0.1) is 0 Å². The molecule has 0 spiro atoms. The normalized spacial score (nSPS) is 9.50. The van der Waals surface area contributed by atoms with Gasteiger partial charge < -0.3 is 9.84 Å². The predicted molar refractivity (Wildman–Crippen MR) is 51.9 cm³/mol. The Kier molecular flexibility index (Phi) is 3.23. The molecular formula is C10H11NO3. The quantitative estimate of drug-likeness (QED) is 0.740. The number of carboxylic acids is 1. The molecule has 1 rings (SSSR count). The van der Waals surface area contributed by atoms with Crippen LogP contribution in [0.4, 0.5) is 0 Å². The van der Waals surface area contributed by atoms with Crippen LogP contribution < -0.4 is 0 Å². The van der Waals surface area contributed by atoms with E-state index < -0.39 is 5.97 Å². The summed E-state index contributed by atoms with van der Waals surface area (Å²) >= 11 is 0. The average Bonchev–Trinajstić information content (AvgIpc) is 2.18. The summed E-state index contributed by atoms with van der Waals surface area (Å²) in [4.78, 5) is 14.5. The highest BCUT2D eigenvalue weighted by Crippen LogP contribution is 2.16. The van der Waals surface area contributed by atoms with Gasteiger partial charge in [-0.05, 0) is 19.1 Å². The number of aromatic nitrogens is 1. The maximum atomic E-state index is 10.8. The van der Waals surface area contributed by atoms with Crippen molar-refractivity contribution in [2.75, 3.05) is 6.61 Å². The first kappa shape index (κ1) is 10.2. The molecule has 0 saturated heterocycles. The fraction of sp³-hybridized carbons (Fsp3) is 0.200. The highest BCUT2D eigenvalue weighted by atomic mass is 16.5. The van der Waals surface area contributed by atoms with Crippen LogP contribution in [0.3, 0.4) is 0 Å². The third kappa shape index (κ3) is 2.10. The Bertz CT molecular complexity index is 360. The van der Waals surface area contributed by atoms with Gasteiger partial charge in [-0.3, -0.25) is 0 Å². The first-order valence-electron chi connectivity index (χ1n) is 4.17. The second-order valence-electron chi connectivity index (χ2n) is 2.56. The molecule has 0 unspecified atom stereocenters. The fourth-order valence-corrected chi connectivity index (χ4v) is 1.05. The summed E-state index contributed by atoms with van der Waals surface area (Å²) < 4.78 is 5.12. The molecule has 0 fully saturated rings. The van der Waals surface area contributed by atoms with Crippen molar-refractivity contribution in [3.63, 3.8) is 0 Å². The Morgan fingerprint density at radius 3 is 3.00 bits per heavy atom. The molecule has 1 aromatic heterocycles. The SMILES string of the molecule is C=C(OCC)c1cccnc1C(=O)O. The standard InChI is InChI=1S/C10H11NO3/c1-3-14-7(2)8-5-4-6-11-9(8)10(12)13/h4-6H,2-3H2,1H3,(H,12,13). The van der Waals surface area contributed by atoms with E-state index in [0.29, 0.717) is 17.9 Å². The molecule has 74 valence electrons. The van der Waals surface area contributed by atoms with Gasteiger partial charge in [-0.1, -0.05) is 6.58 Å². The van der Waals surface area contributed by atoms with E-state index in [-0.39, 0.29) is 5.69 Å². The Labute approximate surface area is 81.9 Å². The zero-order chi connectivity index (χ0) is 10.6. The summed E-state index contributed by atoms with van der Waals surface area (Å²) in [5.41, 5.74) is 0.382. The van der Waals surface area contributed by atoms with Gasteiger partial charge in [0.25, 0.3) is 0 Å². The van der Waals surface area contributed by atoms with Gasteiger partial charge >= 0.3 is 5.97 Å². The highest BCUT2D eigenvalue weighted by Gasteiger charge is 2.13. The first-order valence-corrected chi connectivity index (χ1v) is 4.17. The van der Waals surface area contributed by atoms with Gasteiger partial charge in [0, 0.05) is 11.8 Å². The van der Waals surface area contributed by atoms with Crippen molar-refractivity contribution in [1.29, 1.82) is 0 Å². The maximum Gasteiger partial charge on any atom is 0.355 e. The number of hydrogen-bond acceptors (Lipinski definition) is 3. The molecule has 0 aromatic carbocycles. The molecule has 4 nitrogen and oxygen atoms in total. The van der Waals surface area contributed by atoms with Crippen molar-refractivity contribution in [1.82, 2.24) is 4.98 Å². The Morgan fingerprint density at radius 1 is 1.71 bits per heavy atom. The average molecular weight is 193 g/mol. The van der Waals surface area contributed by atoms with Crippen LogP contribution in [0.5, 0.6) is 0 Å². The zero-order valence-electron chi connectivity index (χ0n) is 7.86. The second-order valence-corrected chi connectivity index (χ2v) is 2.56. The molecule has 0 saturated carbocycles. The summed E-state index contributed by atoms with van der Waals surface area (Å²) in [5, 5.41) is 8.82. The minimum atomic E-state index is -1.08. The van der Waals surface area contributed by atoms with Crippen LogP contribution in [-0.4, -0.2) is 22.7 Å². The van der Waals surface area contributed by atoms with Crippen LogP contribution in [0.15, 0.2) is 24.9 Å². The number of carboxylic acid groups (broad SMARTS) is 1. The van der Waals surface area contributed by atoms with Gasteiger partial charge in [-0.25, -0.2) is 9.78 Å². The topological polar surface area (TPSA) is 59.4 Å². The number of aromatic carboxylic acids is 1. The molecule has 0 aliphatic rings. The summed E-state index contributed by atoms with van der Waals surface area (Å²) in [6.45, 7) is 5.89. The van der Waals surface area contributed by atoms with Crippen molar-refractivity contribution >= 4 is 11.7 Å². The van der Waals surface area contributed by atoms with Gasteiger partial charge in [-0.15, -0.1) is 0 Å². The summed E-state index contributed by atoms with van der Waals surface area (Å²) in [5.74, 6) is -0.751. The third-order valence-electron chi connectivity index (χ3n) is 1.63. The lowest BCUT2D eigenvalue weighted by molar-refractivity contribution is 0.0689. The molecule has 0 aliphatic carbocycles. The van der Waals surface area contributed by atoms with Crippen LogP contribution in [0.1, 0.15) is 23.0 Å². The van der Waals surface area contributed by atoms with Crippen molar-refractivity contribution < 1.29 is 14.6 Å². The van der Waals surface area contributed by atoms with Gasteiger partial charge in [0.05, 0.1) is 6.61 Å². The lowest BCUT2D eigenvalue weighted by atomic mass is 10.1. The molecule has 1 N–H and O–H groups in total. The fourth-order valence-electron chi connectivity index (χ4n) is 1.05. The largest absolute Gasteiger partial charge is 0.494 e. The van der Waals surface area contributed by atoms with E-state index in [1.54, 1.807) is 12.1 Å². The van der Waals surface area contributed by atoms with Crippen LogP contribution in [-0.2, 0) is 4.74 Å². The Hall–Kier alpha value is -1.84. The van der Waals surface area contributed by atoms with Gasteiger partial charge in [-0.2, -0.15) is 0 Å². The second kappa shape index (κ2) is 4.41. The van der Waals surface area contributed by atoms with Crippen LogP contribution in [0.2, 0.25) is 0 Å². The van der Waals surface area contributed by atoms with E-state index >= 15 is 0 Å². The maximum absolute atomic E-state index is 10.8. The summed E-state index contributed by atoms with van der Waals surface area (Å²) in [7, 11) is 0. The first-order chi connectivity index (χ1) is 6.66.